The van der Waals surface area contributed by atoms with Gasteiger partial charge >= 0.3 is 5.82 Å². The maximum atomic E-state index is 11.3. The molecule has 10 nitrogen and oxygen atoms in total. The summed E-state index contributed by atoms with van der Waals surface area (Å²) in [5.41, 5.74) is 0. The molecule has 0 saturated heterocycles. The summed E-state index contributed by atoms with van der Waals surface area (Å²) in [6.45, 7) is 3.81. The maximum Gasteiger partial charge on any atom is 0.410 e. The summed E-state index contributed by atoms with van der Waals surface area (Å²) in [5, 5.41) is 18.5. The molecule has 114 valence electrons. The van der Waals surface area contributed by atoms with Crippen LogP contribution in [0.1, 0.15) is 25.7 Å². The molecule has 2 aromatic heterocycles. The van der Waals surface area contributed by atoms with Crippen molar-refractivity contribution in [3.63, 3.8) is 0 Å². The average Bonchev–Trinajstić information content (AvgIpc) is 2.94. The van der Waals surface area contributed by atoms with Crippen LogP contribution in [0.5, 0.6) is 0 Å². The van der Waals surface area contributed by atoms with Crippen LogP contribution in [-0.2, 0) is 15.6 Å². The van der Waals surface area contributed by atoms with Crippen molar-refractivity contribution in [2.24, 2.45) is 0 Å². The van der Waals surface area contributed by atoms with Gasteiger partial charge in [-0.3, -0.25) is 0 Å². The topological polar surface area (TPSA) is 126 Å². The Bertz CT molecular complexity index is 780. The zero-order valence-electron chi connectivity index (χ0n) is 11.0. The van der Waals surface area contributed by atoms with E-state index in [0.717, 1.165) is 10.9 Å². The first kappa shape index (κ1) is 15.4. The number of nitrogens with zero attached hydrogens (tertiary/aromatic N) is 6. The molecule has 0 aromatic carbocycles. The van der Waals surface area contributed by atoms with Gasteiger partial charge in [0, 0.05) is 16.7 Å². The molecular weight excluding hydrogens is 324 g/mol. The molecule has 12 heteroatoms. The number of aromatic nitrogens is 5. The monoisotopic (exact) mass is 334 g/mol. The summed E-state index contributed by atoms with van der Waals surface area (Å²) >= 11 is 0. The Morgan fingerprint density at radius 3 is 2.62 bits per heavy atom. The Morgan fingerprint density at radius 1 is 1.48 bits per heavy atom. The Balaban J connectivity index is 2.42. The number of rotatable bonds is 5. The minimum atomic E-state index is -4.26. The van der Waals surface area contributed by atoms with Gasteiger partial charge in [0.2, 0.25) is 4.90 Å². The number of hydrogen-bond donors (Lipinski definition) is 0. The average molecular weight is 335 g/mol. The lowest BCUT2D eigenvalue weighted by molar-refractivity contribution is -0.392. The first-order valence-corrected chi connectivity index (χ1v) is 8.06. The van der Waals surface area contributed by atoms with Crippen LogP contribution >= 0.6 is 10.7 Å². The highest BCUT2D eigenvalue weighted by Crippen LogP contribution is 2.25. The van der Waals surface area contributed by atoms with Crippen molar-refractivity contribution in [2.75, 3.05) is 0 Å². The second-order valence-corrected chi connectivity index (χ2v) is 6.96. The summed E-state index contributed by atoms with van der Waals surface area (Å²) < 4.78 is 25.3. The molecule has 0 saturated carbocycles. The van der Waals surface area contributed by atoms with Gasteiger partial charge in [-0.25, -0.2) is 18.1 Å². The fourth-order valence-corrected chi connectivity index (χ4v) is 2.64. The van der Waals surface area contributed by atoms with E-state index >= 15 is 0 Å². The van der Waals surface area contributed by atoms with Crippen LogP contribution in [-0.4, -0.2) is 37.9 Å². The SMILES string of the molecule is CC(C)n1ncnc1Cn1cc(S(=O)(=O)Cl)c([N+](=O)[O-])n1. The van der Waals surface area contributed by atoms with Crippen LogP contribution in [0, 0.1) is 10.1 Å². The summed E-state index contributed by atoms with van der Waals surface area (Å²) in [4.78, 5) is 13.3. The van der Waals surface area contributed by atoms with Crippen LogP contribution in [0.2, 0.25) is 0 Å². The first-order valence-electron chi connectivity index (χ1n) is 5.75. The van der Waals surface area contributed by atoms with Crippen molar-refractivity contribution >= 4 is 25.6 Å². The van der Waals surface area contributed by atoms with E-state index in [0.29, 0.717) is 5.82 Å². The maximum absolute atomic E-state index is 11.3. The predicted octanol–water partition coefficient (Wildman–Crippen LogP) is 0.940. The molecule has 0 N–H and O–H groups in total. The second-order valence-electron chi connectivity index (χ2n) is 4.42. The van der Waals surface area contributed by atoms with Crippen molar-refractivity contribution in [1.82, 2.24) is 24.5 Å². The summed E-state index contributed by atoms with van der Waals surface area (Å²) in [6, 6.07) is 0.0317. The van der Waals surface area contributed by atoms with Gasteiger partial charge in [0.25, 0.3) is 9.05 Å². The van der Waals surface area contributed by atoms with Gasteiger partial charge in [0.15, 0.2) is 5.82 Å². The van der Waals surface area contributed by atoms with Gasteiger partial charge in [0.1, 0.15) is 12.9 Å². The highest BCUT2D eigenvalue weighted by atomic mass is 35.7. The van der Waals surface area contributed by atoms with Crippen molar-refractivity contribution < 1.29 is 13.3 Å². The van der Waals surface area contributed by atoms with Gasteiger partial charge in [-0.1, -0.05) is 0 Å². The molecule has 0 amide bonds. The van der Waals surface area contributed by atoms with E-state index in [-0.39, 0.29) is 12.6 Å². The van der Waals surface area contributed by atoms with Gasteiger partial charge < -0.3 is 10.1 Å². The standard InChI is InChI=1S/C9H11ClN6O4S/c1-6(2)15-8(11-5-12-15)4-14-3-7(21(10,19)20)9(13-14)16(17)18/h3,5-6H,4H2,1-2H3. The van der Waals surface area contributed by atoms with Gasteiger partial charge in [-0.15, -0.1) is 0 Å². The zero-order valence-corrected chi connectivity index (χ0v) is 12.6. The molecule has 0 spiro atoms. The van der Waals surface area contributed by atoms with Crippen LogP contribution in [0.4, 0.5) is 5.82 Å². The van der Waals surface area contributed by atoms with E-state index in [9.17, 15) is 18.5 Å². The molecule has 0 aliphatic heterocycles. The summed E-state index contributed by atoms with van der Waals surface area (Å²) in [7, 11) is 0.907. The number of nitro groups is 1. The molecular formula is C9H11ClN6O4S. The number of halogens is 1. The third-order valence-corrected chi connectivity index (χ3v) is 3.90. The molecule has 2 rings (SSSR count). The molecule has 2 heterocycles. The normalized spacial score (nSPS) is 12.0. The summed E-state index contributed by atoms with van der Waals surface area (Å²) in [5.74, 6) is -0.332. The lowest BCUT2D eigenvalue weighted by Crippen LogP contribution is -2.12. The van der Waals surface area contributed by atoms with Gasteiger partial charge in [0.05, 0.1) is 11.3 Å². The van der Waals surface area contributed by atoms with Gasteiger partial charge in [-0.05, 0) is 18.8 Å². The Kier molecular flexibility index (Phi) is 3.96. The van der Waals surface area contributed by atoms with E-state index in [1.165, 1.54) is 6.33 Å². The smallest absolute Gasteiger partial charge is 0.358 e. The van der Waals surface area contributed by atoms with Crippen LogP contribution in [0.3, 0.4) is 0 Å². The molecule has 0 radical (unpaired) electrons. The predicted molar refractivity (Wildman–Crippen MR) is 71.4 cm³/mol. The molecule has 2 aromatic rings. The molecule has 0 fully saturated rings. The minimum absolute atomic E-state index is 0.0317. The Hall–Kier alpha value is -2.01. The highest BCUT2D eigenvalue weighted by Gasteiger charge is 2.30. The van der Waals surface area contributed by atoms with Crippen molar-refractivity contribution in [2.45, 2.75) is 31.3 Å². The van der Waals surface area contributed by atoms with Crippen molar-refractivity contribution in [1.29, 1.82) is 0 Å². The molecule has 21 heavy (non-hydrogen) atoms. The van der Waals surface area contributed by atoms with Crippen molar-refractivity contribution in [3.05, 3.63) is 28.5 Å². The quantitative estimate of drug-likeness (QED) is 0.452. The zero-order chi connectivity index (χ0) is 15.8. The van der Waals surface area contributed by atoms with E-state index in [1.54, 1.807) is 4.68 Å². The lowest BCUT2D eigenvalue weighted by Gasteiger charge is -2.07. The fourth-order valence-electron chi connectivity index (χ4n) is 1.74. The largest absolute Gasteiger partial charge is 0.410 e. The molecule has 0 aliphatic carbocycles. The van der Waals surface area contributed by atoms with Gasteiger partial charge in [-0.2, -0.15) is 9.78 Å². The van der Waals surface area contributed by atoms with E-state index in [4.69, 9.17) is 10.7 Å². The molecule has 0 atom stereocenters. The number of hydrogen-bond acceptors (Lipinski definition) is 7. The Labute approximate surface area is 123 Å². The van der Waals surface area contributed by atoms with E-state index < -0.39 is 24.7 Å². The van der Waals surface area contributed by atoms with Crippen LogP contribution < -0.4 is 0 Å². The van der Waals surface area contributed by atoms with Crippen molar-refractivity contribution in [3.8, 4) is 0 Å². The molecule has 0 unspecified atom stereocenters. The third kappa shape index (κ3) is 3.19. The first-order chi connectivity index (χ1) is 9.70. The summed E-state index contributed by atoms with van der Waals surface area (Å²) in [6.07, 6.45) is 2.34. The molecule has 0 bridgehead atoms. The second kappa shape index (κ2) is 5.41. The fraction of sp³-hybridized carbons (Fsp3) is 0.444. The highest BCUT2D eigenvalue weighted by molar-refractivity contribution is 8.13. The van der Waals surface area contributed by atoms with E-state index in [1.807, 2.05) is 13.8 Å². The minimum Gasteiger partial charge on any atom is -0.358 e. The lowest BCUT2D eigenvalue weighted by atomic mass is 10.4. The molecule has 0 aliphatic rings. The van der Waals surface area contributed by atoms with Crippen LogP contribution in [0.15, 0.2) is 17.4 Å². The van der Waals surface area contributed by atoms with E-state index in [2.05, 4.69) is 15.2 Å². The third-order valence-electron chi connectivity index (χ3n) is 2.59. The van der Waals surface area contributed by atoms with Crippen LogP contribution in [0.25, 0.3) is 0 Å². The Morgan fingerprint density at radius 2 is 2.14 bits per heavy atom.